The fraction of sp³-hybridized carbons (Fsp3) is 0. The van der Waals surface area contributed by atoms with Gasteiger partial charge in [0.2, 0.25) is 5.95 Å². The van der Waals surface area contributed by atoms with Gasteiger partial charge in [-0.15, -0.1) is 0 Å². The van der Waals surface area contributed by atoms with E-state index in [-0.39, 0.29) is 0 Å². The molecule has 0 bridgehead atoms. The van der Waals surface area contributed by atoms with E-state index < -0.39 is 0 Å². The van der Waals surface area contributed by atoms with Crippen LogP contribution in [0.15, 0.2) is 218 Å². The molecule has 4 heterocycles. The predicted molar refractivity (Wildman–Crippen MR) is 259 cm³/mol. The Hall–Kier alpha value is -8.61. The molecule has 0 aliphatic rings. The third-order valence-electron chi connectivity index (χ3n) is 12.5. The lowest BCUT2D eigenvalue weighted by Gasteiger charge is -2.14. The Morgan fingerprint density at radius 2 is 0.651 bits per heavy atom. The van der Waals surface area contributed by atoms with Gasteiger partial charge in [0.1, 0.15) is 0 Å². The Balaban J connectivity index is 1.12. The molecule has 6 nitrogen and oxygen atoms in total. The highest BCUT2D eigenvalue weighted by Gasteiger charge is 2.24. The molecule has 0 saturated heterocycles. The molecule has 0 atom stereocenters. The molecular weight excluding hydrogens is 769 g/mol. The molecule has 9 aromatic carbocycles. The molecule has 0 saturated carbocycles. The molecule has 0 amide bonds. The predicted octanol–water partition coefficient (Wildman–Crippen LogP) is 14.2. The van der Waals surface area contributed by atoms with E-state index in [0.29, 0.717) is 17.6 Å². The molecule has 13 aromatic rings. The zero-order chi connectivity index (χ0) is 41.4. The molecule has 0 radical (unpaired) electrons. The quantitative estimate of drug-likeness (QED) is 0.168. The first kappa shape index (κ1) is 35.2. The molecule has 294 valence electrons. The lowest BCUT2D eigenvalue weighted by Crippen LogP contribution is -2.07. The van der Waals surface area contributed by atoms with E-state index in [2.05, 4.69) is 226 Å². The van der Waals surface area contributed by atoms with Gasteiger partial charge in [-0.3, -0.25) is 4.57 Å². The number of rotatable bonds is 6. The van der Waals surface area contributed by atoms with E-state index in [1.54, 1.807) is 0 Å². The van der Waals surface area contributed by atoms with Crippen LogP contribution in [0.5, 0.6) is 0 Å². The van der Waals surface area contributed by atoms with Crippen molar-refractivity contribution in [3.8, 4) is 51.2 Å². The number of nitrogens with zero attached hydrogens (tertiary/aromatic N) is 6. The van der Waals surface area contributed by atoms with Gasteiger partial charge < -0.3 is 9.13 Å². The Kier molecular flexibility index (Phi) is 7.80. The summed E-state index contributed by atoms with van der Waals surface area (Å²) in [5.74, 6) is 1.74. The monoisotopic (exact) mass is 804 g/mol. The largest absolute Gasteiger partial charge is 0.309 e. The average Bonchev–Trinajstić information content (AvgIpc) is 4.00. The minimum atomic E-state index is 0.550. The number of para-hydroxylation sites is 5. The van der Waals surface area contributed by atoms with Crippen molar-refractivity contribution >= 4 is 65.4 Å². The maximum Gasteiger partial charge on any atom is 0.238 e. The summed E-state index contributed by atoms with van der Waals surface area (Å²) in [6, 6.07) is 77.3. The molecule has 0 N–H and O–H groups in total. The van der Waals surface area contributed by atoms with E-state index in [9.17, 15) is 0 Å². The lowest BCUT2D eigenvalue weighted by atomic mass is 10.0. The Morgan fingerprint density at radius 1 is 0.254 bits per heavy atom. The summed E-state index contributed by atoms with van der Waals surface area (Å²) in [5.41, 5.74) is 12.8. The first-order valence-electron chi connectivity index (χ1n) is 21.3. The molecule has 4 aromatic heterocycles. The van der Waals surface area contributed by atoms with Crippen molar-refractivity contribution in [3.05, 3.63) is 218 Å². The average molecular weight is 805 g/mol. The van der Waals surface area contributed by atoms with Gasteiger partial charge in [0.15, 0.2) is 11.6 Å². The Labute approximate surface area is 362 Å². The van der Waals surface area contributed by atoms with Crippen molar-refractivity contribution in [3.63, 3.8) is 0 Å². The summed E-state index contributed by atoms with van der Waals surface area (Å²) in [6.07, 6.45) is 0. The smallest absolute Gasteiger partial charge is 0.238 e. The second-order valence-electron chi connectivity index (χ2n) is 16.0. The third-order valence-corrected chi connectivity index (χ3v) is 12.5. The zero-order valence-electron chi connectivity index (χ0n) is 34.0. The molecule has 63 heavy (non-hydrogen) atoms. The molecule has 6 heteroatoms. The molecule has 0 fully saturated rings. The van der Waals surface area contributed by atoms with Crippen LogP contribution in [0.2, 0.25) is 0 Å². The van der Waals surface area contributed by atoms with Crippen LogP contribution >= 0.6 is 0 Å². The summed E-state index contributed by atoms with van der Waals surface area (Å²) >= 11 is 0. The standard InChI is InChI=1S/C57H36N6/c1-4-16-37(17-5-1)38-28-30-39(31-29-38)55-58-56(40-32-33-46-43-22-10-13-25-49(43)61(52(46)36-40)41-18-6-2-7-19-41)60-57(59-55)63-51-27-15-12-24-45(51)48-35-34-47-44-23-11-14-26-50(44)62(53(47)54(48)63)42-20-8-3-9-21-42/h1-36H. The van der Waals surface area contributed by atoms with Gasteiger partial charge in [0, 0.05) is 54.8 Å². The van der Waals surface area contributed by atoms with Crippen LogP contribution < -0.4 is 0 Å². The number of hydrogen-bond acceptors (Lipinski definition) is 3. The SMILES string of the molecule is c1ccc(-c2ccc(-c3nc(-c4ccc5c6ccccc6n(-c6ccccc6)c5c4)nc(-n4c5ccccc5c5ccc6c7ccccc7n(-c7ccccc7)c6c54)n3)cc2)cc1. The number of aromatic nitrogens is 6. The van der Waals surface area contributed by atoms with E-state index in [0.717, 1.165) is 82.9 Å². The van der Waals surface area contributed by atoms with E-state index in [4.69, 9.17) is 15.0 Å². The highest BCUT2D eigenvalue weighted by atomic mass is 15.2. The molecule has 0 aliphatic heterocycles. The zero-order valence-corrected chi connectivity index (χ0v) is 34.0. The topological polar surface area (TPSA) is 53.5 Å². The van der Waals surface area contributed by atoms with Crippen LogP contribution in [0.4, 0.5) is 0 Å². The summed E-state index contributed by atoms with van der Waals surface area (Å²) < 4.78 is 6.99. The van der Waals surface area contributed by atoms with E-state index >= 15 is 0 Å². The van der Waals surface area contributed by atoms with Gasteiger partial charge in [0.05, 0.1) is 33.1 Å². The van der Waals surface area contributed by atoms with Gasteiger partial charge in [0.25, 0.3) is 0 Å². The Bertz CT molecular complexity index is 3880. The normalized spacial score (nSPS) is 11.8. The third kappa shape index (κ3) is 5.48. The molecule has 0 unspecified atom stereocenters. The van der Waals surface area contributed by atoms with Crippen LogP contribution in [-0.4, -0.2) is 28.7 Å². The fourth-order valence-corrected chi connectivity index (χ4v) is 9.68. The highest BCUT2D eigenvalue weighted by Crippen LogP contribution is 2.42. The summed E-state index contributed by atoms with van der Waals surface area (Å²) in [7, 11) is 0. The second-order valence-corrected chi connectivity index (χ2v) is 16.0. The van der Waals surface area contributed by atoms with Crippen molar-refractivity contribution in [1.29, 1.82) is 0 Å². The maximum absolute atomic E-state index is 5.49. The Morgan fingerprint density at radius 3 is 1.27 bits per heavy atom. The van der Waals surface area contributed by atoms with Crippen molar-refractivity contribution in [1.82, 2.24) is 28.7 Å². The molecule has 13 rings (SSSR count). The van der Waals surface area contributed by atoms with E-state index in [1.165, 1.54) is 16.2 Å². The number of fused-ring (bicyclic) bond motifs is 10. The second kappa shape index (κ2) is 14.0. The summed E-state index contributed by atoms with van der Waals surface area (Å²) in [6.45, 7) is 0. The lowest BCUT2D eigenvalue weighted by molar-refractivity contribution is 0.953. The van der Waals surface area contributed by atoms with Gasteiger partial charge in [-0.2, -0.15) is 9.97 Å². The highest BCUT2D eigenvalue weighted by molar-refractivity contribution is 6.23. The summed E-state index contributed by atoms with van der Waals surface area (Å²) in [4.78, 5) is 16.2. The number of hydrogen-bond donors (Lipinski definition) is 0. The molecule has 0 spiro atoms. The first-order chi connectivity index (χ1) is 31.3. The van der Waals surface area contributed by atoms with Crippen LogP contribution in [0, 0.1) is 0 Å². The van der Waals surface area contributed by atoms with Gasteiger partial charge in [-0.25, -0.2) is 4.98 Å². The minimum absolute atomic E-state index is 0.550. The van der Waals surface area contributed by atoms with Crippen molar-refractivity contribution in [2.75, 3.05) is 0 Å². The van der Waals surface area contributed by atoms with Gasteiger partial charge in [-0.1, -0.05) is 170 Å². The van der Waals surface area contributed by atoms with Crippen molar-refractivity contribution in [2.24, 2.45) is 0 Å². The van der Waals surface area contributed by atoms with Gasteiger partial charge in [-0.05, 0) is 59.7 Å². The number of benzene rings is 9. The van der Waals surface area contributed by atoms with Crippen LogP contribution in [0.3, 0.4) is 0 Å². The van der Waals surface area contributed by atoms with Gasteiger partial charge >= 0.3 is 0 Å². The molecular formula is C57H36N6. The van der Waals surface area contributed by atoms with Crippen LogP contribution in [-0.2, 0) is 0 Å². The van der Waals surface area contributed by atoms with Crippen molar-refractivity contribution < 1.29 is 0 Å². The van der Waals surface area contributed by atoms with E-state index in [1.807, 2.05) is 6.07 Å². The fourth-order valence-electron chi connectivity index (χ4n) is 9.68. The summed E-state index contributed by atoms with van der Waals surface area (Å²) in [5, 5.41) is 6.97. The molecule has 0 aliphatic carbocycles. The minimum Gasteiger partial charge on any atom is -0.309 e. The van der Waals surface area contributed by atoms with Crippen LogP contribution in [0.1, 0.15) is 0 Å². The van der Waals surface area contributed by atoms with Crippen molar-refractivity contribution in [2.45, 2.75) is 0 Å². The first-order valence-corrected chi connectivity index (χ1v) is 21.3. The maximum atomic E-state index is 5.49. The van der Waals surface area contributed by atoms with Crippen LogP contribution in [0.25, 0.3) is 117 Å².